The maximum Gasteiger partial charge on any atom is 0.110 e. The molecule has 0 amide bonds. The fraction of sp³-hybridized carbons (Fsp3) is 0.684. The predicted octanol–water partition coefficient (Wildman–Crippen LogP) is 4.77. The summed E-state index contributed by atoms with van der Waals surface area (Å²) in [7, 11) is 0. The summed E-state index contributed by atoms with van der Waals surface area (Å²) in [5, 5.41) is 0. The summed E-state index contributed by atoms with van der Waals surface area (Å²) in [5.74, 6) is 3.54. The zero-order valence-corrected chi connectivity index (χ0v) is 13.4. The monoisotopic (exact) mass is 286 g/mol. The number of furan rings is 1. The molecule has 114 valence electrons. The average Bonchev–Trinajstić information content (AvgIpc) is 2.84. The molecule has 3 aliphatic rings. The Bertz CT molecular complexity index is 586. The Morgan fingerprint density at radius 1 is 1.24 bits per heavy atom. The van der Waals surface area contributed by atoms with Gasteiger partial charge in [0, 0.05) is 5.41 Å². The average molecular weight is 286 g/mol. The normalized spacial score (nSPS) is 45.7. The summed E-state index contributed by atoms with van der Waals surface area (Å²) in [4.78, 5) is 0. The summed E-state index contributed by atoms with van der Waals surface area (Å²) in [6.45, 7) is 11.1. The van der Waals surface area contributed by atoms with Crippen molar-refractivity contribution in [3.05, 3.63) is 35.8 Å². The van der Waals surface area contributed by atoms with Gasteiger partial charge >= 0.3 is 0 Å². The first kappa shape index (κ1) is 13.6. The summed E-state index contributed by atoms with van der Waals surface area (Å²) >= 11 is 0. The first-order chi connectivity index (χ1) is 9.92. The van der Waals surface area contributed by atoms with Crippen molar-refractivity contribution >= 4 is 0 Å². The maximum atomic E-state index is 5.98. The molecule has 1 saturated heterocycles. The minimum atomic E-state index is 0.144. The van der Waals surface area contributed by atoms with Crippen molar-refractivity contribution < 1.29 is 9.15 Å². The summed E-state index contributed by atoms with van der Waals surface area (Å²) in [5.41, 5.74) is 1.78. The van der Waals surface area contributed by atoms with Crippen LogP contribution in [-0.4, -0.2) is 11.7 Å². The second-order valence-corrected chi connectivity index (χ2v) is 7.90. The Hall–Kier alpha value is -1.02. The highest BCUT2D eigenvalue weighted by Crippen LogP contribution is 2.60. The topological polar surface area (TPSA) is 25.7 Å². The molecule has 1 aromatic rings. The van der Waals surface area contributed by atoms with Crippen LogP contribution in [0.1, 0.15) is 57.5 Å². The molecule has 0 N–H and O–H groups in total. The summed E-state index contributed by atoms with van der Waals surface area (Å²) in [6.07, 6.45) is 6.38. The number of epoxide rings is 1. The Morgan fingerprint density at radius 2 is 2.05 bits per heavy atom. The van der Waals surface area contributed by atoms with E-state index in [0.717, 1.165) is 18.6 Å². The SMILES string of the molecule is C=C1CC[C@@H]2O[C@@]2(C)CC[C@H]2[C@H]1C[C@]2(C)c1ccc(C)o1. The number of rotatable bonds is 1. The second-order valence-electron chi connectivity index (χ2n) is 7.90. The van der Waals surface area contributed by atoms with Gasteiger partial charge in [-0.3, -0.25) is 0 Å². The second kappa shape index (κ2) is 4.25. The number of hydrogen-bond acceptors (Lipinski definition) is 2. The lowest BCUT2D eigenvalue weighted by Crippen LogP contribution is -2.50. The van der Waals surface area contributed by atoms with Gasteiger partial charge in [0.25, 0.3) is 0 Å². The van der Waals surface area contributed by atoms with Gasteiger partial charge in [-0.25, -0.2) is 0 Å². The van der Waals surface area contributed by atoms with Crippen molar-refractivity contribution in [2.24, 2.45) is 11.8 Å². The minimum absolute atomic E-state index is 0.144. The fourth-order valence-electron chi connectivity index (χ4n) is 4.83. The molecule has 5 atom stereocenters. The third-order valence-electron chi connectivity index (χ3n) is 6.49. The standard InChI is InChI=1S/C19H26O2/c1-12-5-7-17-19(4,21-17)10-9-15-14(12)11-18(15,3)16-8-6-13(2)20-16/h6,8,14-15,17H,1,5,7,9-11H2,2-4H3/t14-,15-,17-,18-,19-/m0/s1. The maximum absolute atomic E-state index is 5.98. The molecule has 0 radical (unpaired) electrons. The van der Waals surface area contributed by atoms with Crippen molar-refractivity contribution in [1.82, 2.24) is 0 Å². The van der Waals surface area contributed by atoms with E-state index in [0.29, 0.717) is 17.9 Å². The van der Waals surface area contributed by atoms with Crippen LogP contribution in [0, 0.1) is 18.8 Å². The summed E-state index contributed by atoms with van der Waals surface area (Å²) in [6, 6.07) is 4.28. The van der Waals surface area contributed by atoms with E-state index in [9.17, 15) is 0 Å². The van der Waals surface area contributed by atoms with E-state index in [2.05, 4.69) is 32.6 Å². The van der Waals surface area contributed by atoms with Gasteiger partial charge in [0.15, 0.2) is 0 Å². The first-order valence-electron chi connectivity index (χ1n) is 8.35. The van der Waals surface area contributed by atoms with Gasteiger partial charge in [0.2, 0.25) is 0 Å². The number of fused-ring (bicyclic) bond motifs is 2. The molecule has 0 bridgehead atoms. The zero-order valence-electron chi connectivity index (χ0n) is 13.4. The van der Waals surface area contributed by atoms with E-state index < -0.39 is 0 Å². The Kier molecular flexibility index (Phi) is 2.76. The van der Waals surface area contributed by atoms with E-state index >= 15 is 0 Å². The smallest absolute Gasteiger partial charge is 0.110 e. The van der Waals surface area contributed by atoms with Crippen LogP contribution in [0.4, 0.5) is 0 Å². The van der Waals surface area contributed by atoms with Crippen LogP contribution in [0.15, 0.2) is 28.7 Å². The molecule has 2 heterocycles. The Balaban J connectivity index is 1.61. The largest absolute Gasteiger partial charge is 0.466 e. The lowest BCUT2D eigenvalue weighted by Gasteiger charge is -2.53. The van der Waals surface area contributed by atoms with E-state index in [-0.39, 0.29) is 11.0 Å². The summed E-state index contributed by atoms with van der Waals surface area (Å²) < 4.78 is 11.9. The van der Waals surface area contributed by atoms with Crippen LogP contribution < -0.4 is 0 Å². The molecule has 2 saturated carbocycles. The molecule has 2 nitrogen and oxygen atoms in total. The van der Waals surface area contributed by atoms with Crippen molar-refractivity contribution in [3.63, 3.8) is 0 Å². The zero-order chi connectivity index (χ0) is 14.8. The van der Waals surface area contributed by atoms with E-state index in [1.54, 1.807) is 0 Å². The number of aryl methyl sites for hydroxylation is 1. The molecular weight excluding hydrogens is 260 g/mol. The molecule has 0 spiro atoms. The van der Waals surface area contributed by atoms with Crippen molar-refractivity contribution in [1.29, 1.82) is 0 Å². The van der Waals surface area contributed by atoms with Crippen molar-refractivity contribution in [3.8, 4) is 0 Å². The predicted molar refractivity (Wildman–Crippen MR) is 83.3 cm³/mol. The third-order valence-corrected chi connectivity index (χ3v) is 6.49. The number of hydrogen-bond donors (Lipinski definition) is 0. The van der Waals surface area contributed by atoms with E-state index in [4.69, 9.17) is 9.15 Å². The highest BCUT2D eigenvalue weighted by molar-refractivity contribution is 5.28. The Labute approximate surface area is 127 Å². The molecule has 0 aromatic carbocycles. The lowest BCUT2D eigenvalue weighted by molar-refractivity contribution is 0.0339. The van der Waals surface area contributed by atoms with Crippen LogP contribution in [-0.2, 0) is 10.2 Å². The third kappa shape index (κ3) is 1.95. The highest BCUT2D eigenvalue weighted by Gasteiger charge is 2.58. The Morgan fingerprint density at radius 3 is 2.76 bits per heavy atom. The molecule has 1 aromatic heterocycles. The molecule has 2 heteroatoms. The molecule has 1 aliphatic heterocycles. The van der Waals surface area contributed by atoms with Crippen LogP contribution in [0.25, 0.3) is 0 Å². The quantitative estimate of drug-likeness (QED) is 0.549. The molecule has 21 heavy (non-hydrogen) atoms. The molecule has 0 unspecified atom stereocenters. The molecule has 4 rings (SSSR count). The minimum Gasteiger partial charge on any atom is -0.466 e. The number of ether oxygens (including phenoxy) is 1. The van der Waals surface area contributed by atoms with Crippen molar-refractivity contribution in [2.75, 3.05) is 0 Å². The number of allylic oxidation sites excluding steroid dienone is 1. The fourth-order valence-corrected chi connectivity index (χ4v) is 4.83. The van der Waals surface area contributed by atoms with E-state index in [1.807, 2.05) is 6.92 Å². The van der Waals surface area contributed by atoms with Crippen molar-refractivity contribution in [2.45, 2.75) is 70.0 Å². The van der Waals surface area contributed by atoms with Gasteiger partial charge in [-0.15, -0.1) is 0 Å². The van der Waals surface area contributed by atoms with Gasteiger partial charge in [0.1, 0.15) is 11.5 Å². The molecule has 2 aliphatic carbocycles. The van der Waals surface area contributed by atoms with Crippen LogP contribution >= 0.6 is 0 Å². The lowest BCUT2D eigenvalue weighted by atomic mass is 9.50. The van der Waals surface area contributed by atoms with Gasteiger partial charge in [-0.05, 0) is 69.9 Å². The molecular formula is C19H26O2. The van der Waals surface area contributed by atoms with Gasteiger partial charge in [0.05, 0.1) is 11.7 Å². The van der Waals surface area contributed by atoms with E-state index in [1.165, 1.54) is 30.6 Å². The molecule has 3 fully saturated rings. The first-order valence-corrected chi connectivity index (χ1v) is 8.35. The van der Waals surface area contributed by atoms with Crippen LogP contribution in [0.2, 0.25) is 0 Å². The highest BCUT2D eigenvalue weighted by atomic mass is 16.6. The van der Waals surface area contributed by atoms with Gasteiger partial charge in [-0.1, -0.05) is 19.1 Å². The van der Waals surface area contributed by atoms with Crippen LogP contribution in [0.5, 0.6) is 0 Å². The van der Waals surface area contributed by atoms with Gasteiger partial charge in [-0.2, -0.15) is 0 Å². The van der Waals surface area contributed by atoms with Crippen LogP contribution in [0.3, 0.4) is 0 Å². The van der Waals surface area contributed by atoms with Gasteiger partial charge < -0.3 is 9.15 Å².